The highest BCUT2D eigenvalue weighted by atomic mass is 16.2. The zero-order valence-corrected chi connectivity index (χ0v) is 6.18. The van der Waals surface area contributed by atoms with Crippen LogP contribution in [0.25, 0.3) is 11.2 Å². The Kier molecular flexibility index (Phi) is 0.558. The van der Waals surface area contributed by atoms with E-state index in [4.69, 9.17) is 9.64 Å². The first-order valence-electron chi connectivity index (χ1n) is 6.78. The highest BCUT2D eigenvalue weighted by molar-refractivity contribution is 5.68. The second-order valence-electron chi connectivity index (χ2n) is 2.29. The molecule has 13 heavy (non-hydrogen) atoms. The summed E-state index contributed by atoms with van der Waals surface area (Å²) in [7, 11) is 0. The Hall–Kier alpha value is -1.85. The second-order valence-corrected chi connectivity index (χ2v) is 2.29. The first-order chi connectivity index (χ1) is 9.07. The van der Waals surface area contributed by atoms with Gasteiger partial charge in [-0.25, -0.2) is 9.78 Å². The normalized spacial score (nSPS) is 19.9. The van der Waals surface area contributed by atoms with Gasteiger partial charge >= 0.3 is 5.69 Å². The molecule has 68 valence electrons. The molecule has 0 radical (unpaired) electrons. The number of rotatable bonds is 0. The number of hydrogen-bond donors (Lipinski definition) is 1. The van der Waals surface area contributed by atoms with E-state index < -0.39 is 42.7 Å². The van der Waals surface area contributed by atoms with Crippen LogP contribution in [0, 0.1) is 0 Å². The third kappa shape index (κ3) is 0.851. The summed E-state index contributed by atoms with van der Waals surface area (Å²) in [5, 5.41) is 0. The Morgan fingerprint density at radius 2 is 2.54 bits per heavy atom. The average Bonchev–Trinajstić information content (AvgIpc) is 2.52. The van der Waals surface area contributed by atoms with E-state index in [2.05, 4.69) is 4.98 Å². The van der Waals surface area contributed by atoms with E-state index in [1.165, 1.54) is 0 Å². The van der Waals surface area contributed by atoms with Crippen LogP contribution in [-0.2, 0) is 14.0 Å². The molecule has 0 spiro atoms. The summed E-state index contributed by atoms with van der Waals surface area (Å²) in [6.07, 6.45) is -0.737. The maximum absolute atomic E-state index is 12.0. The molecule has 2 aromatic rings. The number of fused-ring (bicyclic) bond motifs is 1. The lowest BCUT2D eigenvalue weighted by Crippen LogP contribution is -2.36. The van der Waals surface area contributed by atoms with Gasteiger partial charge in [0.2, 0.25) is 0 Å². The maximum Gasteiger partial charge on any atom is 0.332 e. The van der Waals surface area contributed by atoms with Crippen LogP contribution in [0.1, 0.15) is 8.22 Å². The number of nitrogens with zero attached hydrogens (tertiary/aromatic N) is 3. The van der Waals surface area contributed by atoms with Crippen LogP contribution in [0.5, 0.6) is 0 Å². The van der Waals surface area contributed by atoms with Gasteiger partial charge in [0.15, 0.2) is 7.06 Å². The van der Waals surface area contributed by atoms with E-state index in [-0.39, 0.29) is 14.1 Å². The molecule has 0 saturated heterocycles. The molecule has 2 aromatic heterocycles. The fraction of sp³-hybridized carbons (Fsp3) is 0.286. The van der Waals surface area contributed by atoms with E-state index >= 15 is 0 Å². The lowest BCUT2D eigenvalue weighted by Gasteiger charge is -2.00. The van der Waals surface area contributed by atoms with Crippen molar-refractivity contribution in [2.45, 2.75) is 0 Å². The fourth-order valence-electron chi connectivity index (χ4n) is 0.924. The molecule has 6 nitrogen and oxygen atoms in total. The highest BCUT2D eigenvalue weighted by Gasteiger charge is 2.08. The standard InChI is InChI=1S/C7H8N4O2/c1-10-5-4(8-3-9-5)6(12)11(2)7(10)13/h3H,1-2H3,(H,8,9)/i1D3,2D2,3D/hD. The van der Waals surface area contributed by atoms with Crippen LogP contribution in [-0.4, -0.2) is 19.1 Å². The second kappa shape index (κ2) is 2.32. The largest absolute Gasteiger partial charge is 0.339 e. The Bertz CT molecular complexity index is 799. The first-order valence-corrected chi connectivity index (χ1v) is 3.18. The van der Waals surface area contributed by atoms with Crippen LogP contribution >= 0.6 is 0 Å². The quantitative estimate of drug-likeness (QED) is 0.572. The lowest BCUT2D eigenvalue weighted by molar-refractivity contribution is 0.709. The minimum Gasteiger partial charge on any atom is -0.339 e. The summed E-state index contributed by atoms with van der Waals surface area (Å²) in [4.78, 5) is 27.6. The molecule has 0 fully saturated rings. The number of imidazole rings is 1. The Morgan fingerprint density at radius 1 is 1.69 bits per heavy atom. The van der Waals surface area contributed by atoms with E-state index in [1.807, 2.05) is 0 Å². The van der Waals surface area contributed by atoms with E-state index in [0.717, 1.165) is 0 Å². The summed E-state index contributed by atoms with van der Waals surface area (Å²) in [6.45, 7) is -5.11. The molecule has 0 aliphatic rings. The van der Waals surface area contributed by atoms with Crippen molar-refractivity contribution >= 4 is 11.2 Å². The summed E-state index contributed by atoms with van der Waals surface area (Å²) in [6, 6.07) is 0. The molecule has 6 heteroatoms. The minimum atomic E-state index is -3.03. The van der Waals surface area contributed by atoms with E-state index in [9.17, 15) is 9.59 Å². The molecule has 0 aromatic carbocycles. The molecule has 2 rings (SSSR count). The summed E-state index contributed by atoms with van der Waals surface area (Å²) in [5.74, 6) is 0. The van der Waals surface area contributed by atoms with Crippen molar-refractivity contribution in [2.75, 3.05) is 0 Å². The van der Waals surface area contributed by atoms with E-state index in [0.29, 0.717) is 0 Å². The van der Waals surface area contributed by atoms with Crippen molar-refractivity contribution in [2.24, 2.45) is 14.0 Å². The molecule has 2 heterocycles. The van der Waals surface area contributed by atoms with Crippen molar-refractivity contribution in [3.63, 3.8) is 0 Å². The molecular formula is C7H8N4O2. The predicted molar refractivity (Wildman–Crippen MR) is 46.6 cm³/mol. The third-order valence-corrected chi connectivity index (χ3v) is 1.56. The molecule has 0 bridgehead atoms. The van der Waals surface area contributed by atoms with Gasteiger partial charge in [-0.3, -0.25) is 13.9 Å². The van der Waals surface area contributed by atoms with Gasteiger partial charge in [-0.05, 0) is 0 Å². The van der Waals surface area contributed by atoms with Crippen LogP contribution in [0.4, 0.5) is 0 Å². The molecular weight excluding hydrogens is 172 g/mol. The van der Waals surface area contributed by atoms with Gasteiger partial charge < -0.3 is 4.98 Å². The molecule has 0 aliphatic carbocycles. The van der Waals surface area contributed by atoms with Crippen molar-refractivity contribution < 1.29 is 9.64 Å². The van der Waals surface area contributed by atoms with Crippen molar-refractivity contribution in [1.29, 1.82) is 0 Å². The number of hydrogen-bond acceptors (Lipinski definition) is 3. The number of aryl methyl sites for hydroxylation is 1. The summed E-state index contributed by atoms with van der Waals surface area (Å²) >= 11 is 0. The highest BCUT2D eigenvalue weighted by Crippen LogP contribution is 1.97. The van der Waals surface area contributed by atoms with Gasteiger partial charge in [-0.2, -0.15) is 0 Å². The molecule has 1 N–H and O–H groups in total. The first kappa shape index (κ1) is 3.13. The van der Waals surface area contributed by atoms with Gasteiger partial charge in [0.05, 0.1) is 6.30 Å². The Morgan fingerprint density at radius 3 is 3.23 bits per heavy atom. The van der Waals surface area contributed by atoms with Gasteiger partial charge in [-0.1, -0.05) is 0 Å². The number of H-pyrrole nitrogens is 1. The van der Waals surface area contributed by atoms with Crippen LogP contribution in [0.3, 0.4) is 0 Å². The van der Waals surface area contributed by atoms with Crippen LogP contribution < -0.4 is 11.2 Å². The number of nitrogens with one attached hydrogen (secondary N) is 1. The van der Waals surface area contributed by atoms with Gasteiger partial charge in [0.1, 0.15) is 6.89 Å². The van der Waals surface area contributed by atoms with Crippen LogP contribution in [0.15, 0.2) is 15.9 Å². The fourth-order valence-corrected chi connectivity index (χ4v) is 0.924. The summed E-state index contributed by atoms with van der Waals surface area (Å²) in [5.41, 5.74) is -3.90. The molecule has 0 saturated carbocycles. The van der Waals surface area contributed by atoms with Crippen molar-refractivity contribution in [3.05, 3.63) is 27.1 Å². The van der Waals surface area contributed by atoms with Crippen molar-refractivity contribution in [3.8, 4) is 0 Å². The van der Waals surface area contributed by atoms with Gasteiger partial charge in [0, 0.05) is 20.8 Å². The SMILES string of the molecule is [2H]c1nc2c(c(=O)n(C([2H])[2H])c(=O)n2C([2H])([2H])[2H])n1[2H]. The Labute approximate surface area is 82.3 Å². The zero-order valence-electron chi connectivity index (χ0n) is 13.2. The third-order valence-electron chi connectivity index (χ3n) is 1.56. The number of aromatic amines is 1. The van der Waals surface area contributed by atoms with Gasteiger partial charge in [-0.15, -0.1) is 0 Å². The summed E-state index contributed by atoms with van der Waals surface area (Å²) < 4.78 is 51.1. The minimum absolute atomic E-state index is 0.0703. The maximum atomic E-state index is 12.0. The number of aromatic nitrogens is 4. The molecule has 0 atom stereocenters. The smallest absolute Gasteiger partial charge is 0.332 e. The van der Waals surface area contributed by atoms with E-state index in [1.54, 1.807) is 0 Å². The molecule has 0 amide bonds. The predicted octanol–water partition coefficient (Wildman–Crippen LogP) is -1.04. The zero-order chi connectivity index (χ0) is 15.4. The molecule has 0 aliphatic heterocycles. The lowest BCUT2D eigenvalue weighted by atomic mass is 10.5. The Balaban J connectivity index is 3.18. The van der Waals surface area contributed by atoms with Crippen LogP contribution in [0.2, 0.25) is 1.41 Å². The topological polar surface area (TPSA) is 72.7 Å². The average molecular weight is 187 g/mol. The molecule has 0 unspecified atom stereocenters. The monoisotopic (exact) mass is 187 g/mol. The van der Waals surface area contributed by atoms with Gasteiger partial charge in [0.25, 0.3) is 5.56 Å². The van der Waals surface area contributed by atoms with Crippen molar-refractivity contribution in [1.82, 2.24) is 19.1 Å².